The van der Waals surface area contributed by atoms with E-state index >= 15 is 0 Å². The third-order valence-corrected chi connectivity index (χ3v) is 9.66. The van der Waals surface area contributed by atoms with E-state index < -0.39 is 22.4 Å². The molecule has 1 fully saturated rings. The van der Waals surface area contributed by atoms with Gasteiger partial charge in [0.1, 0.15) is 0 Å². The quantitative estimate of drug-likeness (QED) is 0.383. The molecule has 1 aromatic carbocycles. The van der Waals surface area contributed by atoms with Crippen LogP contribution in [0.1, 0.15) is 59.6 Å². The highest BCUT2D eigenvalue weighted by atomic mass is 32.2. The smallest absolute Gasteiger partial charge is 0.339 e. The Morgan fingerprint density at radius 3 is 2.71 bits per heavy atom. The molecule has 38 heavy (non-hydrogen) atoms. The molecule has 1 amide bonds. The van der Waals surface area contributed by atoms with Gasteiger partial charge in [-0.3, -0.25) is 4.79 Å². The number of hydrogen-bond donors (Lipinski definition) is 0. The molecular formula is C29H32N2O5S2. The Labute approximate surface area is 227 Å². The molecule has 1 aliphatic heterocycles. The number of sulfone groups is 1. The number of aromatic nitrogens is 1. The fourth-order valence-corrected chi connectivity index (χ4v) is 7.82. The van der Waals surface area contributed by atoms with Crippen LogP contribution in [0.5, 0.6) is 0 Å². The summed E-state index contributed by atoms with van der Waals surface area (Å²) in [6.45, 7) is 3.95. The topological polar surface area (TPSA) is 93.6 Å². The van der Waals surface area contributed by atoms with Crippen LogP contribution in [0.25, 0.3) is 22.6 Å². The highest BCUT2D eigenvalue weighted by Crippen LogP contribution is 2.37. The van der Waals surface area contributed by atoms with Crippen molar-refractivity contribution in [1.82, 2.24) is 9.88 Å². The first-order chi connectivity index (χ1) is 18.2. The number of benzene rings is 1. The Balaban J connectivity index is 1.44. The molecule has 1 unspecified atom stereocenters. The first kappa shape index (κ1) is 26.6. The van der Waals surface area contributed by atoms with E-state index in [4.69, 9.17) is 9.72 Å². The van der Waals surface area contributed by atoms with Crippen molar-refractivity contribution in [2.24, 2.45) is 5.92 Å². The van der Waals surface area contributed by atoms with Crippen LogP contribution in [0.15, 0.2) is 41.8 Å². The van der Waals surface area contributed by atoms with Gasteiger partial charge < -0.3 is 9.64 Å². The van der Waals surface area contributed by atoms with E-state index in [1.54, 1.807) is 16.2 Å². The summed E-state index contributed by atoms with van der Waals surface area (Å²) in [5.74, 6) is -0.715. The zero-order valence-electron chi connectivity index (χ0n) is 21.7. The van der Waals surface area contributed by atoms with Crippen molar-refractivity contribution in [2.45, 2.75) is 45.6 Å². The van der Waals surface area contributed by atoms with Crippen LogP contribution in [0, 0.1) is 5.92 Å². The van der Waals surface area contributed by atoms with Crippen molar-refractivity contribution in [1.29, 1.82) is 0 Å². The Morgan fingerprint density at radius 2 is 2.00 bits per heavy atom. The number of thiophene rings is 1. The van der Waals surface area contributed by atoms with Crippen molar-refractivity contribution in [3.8, 4) is 0 Å². The number of amides is 1. The van der Waals surface area contributed by atoms with Crippen LogP contribution in [-0.2, 0) is 25.8 Å². The predicted octanol–water partition coefficient (Wildman–Crippen LogP) is 5.00. The lowest BCUT2D eigenvalue weighted by atomic mass is 9.86. The number of fused-ring (bicyclic) bond motifs is 2. The van der Waals surface area contributed by atoms with Crippen molar-refractivity contribution in [3.05, 3.63) is 63.5 Å². The fourth-order valence-electron chi connectivity index (χ4n) is 5.40. The summed E-state index contributed by atoms with van der Waals surface area (Å²) < 4.78 is 29.8. The number of allylic oxidation sites excluding steroid dienone is 1. The van der Waals surface area contributed by atoms with Crippen molar-refractivity contribution >= 4 is 55.6 Å². The summed E-state index contributed by atoms with van der Waals surface area (Å²) in [7, 11) is -3.16. The van der Waals surface area contributed by atoms with Crippen LogP contribution >= 0.6 is 11.3 Å². The van der Waals surface area contributed by atoms with E-state index in [2.05, 4.69) is 12.1 Å². The van der Waals surface area contributed by atoms with E-state index in [0.29, 0.717) is 35.9 Å². The number of esters is 1. The summed E-state index contributed by atoms with van der Waals surface area (Å²) in [5.41, 5.74) is 3.95. The number of para-hydroxylation sites is 1. The van der Waals surface area contributed by atoms with Crippen molar-refractivity contribution in [2.75, 3.05) is 24.7 Å². The Hall–Kier alpha value is -3.04. The Kier molecular flexibility index (Phi) is 7.68. The summed E-state index contributed by atoms with van der Waals surface area (Å²) in [4.78, 5) is 34.5. The minimum absolute atomic E-state index is 0.0404. The van der Waals surface area contributed by atoms with Gasteiger partial charge in [0, 0.05) is 22.8 Å². The number of carbonyl (C=O) groups is 2. The SMILES string of the molecule is CC(C)CN(C(=O)COC(=O)c1c2c(nc3ccccc13)/C(=C\c1cccs1)CCC2)C1CCS(=O)(=O)C1. The van der Waals surface area contributed by atoms with E-state index in [1.165, 1.54) is 0 Å². The lowest BCUT2D eigenvalue weighted by molar-refractivity contribution is -0.137. The van der Waals surface area contributed by atoms with Crippen molar-refractivity contribution < 1.29 is 22.7 Å². The molecule has 200 valence electrons. The second-order valence-electron chi connectivity index (χ2n) is 10.4. The highest BCUT2D eigenvalue weighted by molar-refractivity contribution is 7.91. The normalized spacial score (nSPS) is 19.6. The fraction of sp³-hybridized carbons (Fsp3) is 0.414. The molecule has 1 aliphatic carbocycles. The van der Waals surface area contributed by atoms with Crippen LogP contribution in [0.3, 0.4) is 0 Å². The minimum atomic E-state index is -3.16. The standard InChI is InChI=1S/C29H32N2O5S2/c1-19(2)16-31(21-12-14-38(34,35)18-21)26(32)17-36-29(33)27-23-9-3-4-11-25(23)30-28-20(7-5-10-24(27)28)15-22-8-6-13-37-22/h3-4,6,8-9,11,13,15,19,21H,5,7,10,12,14,16-18H2,1-2H3/b20-15-. The first-order valence-corrected chi connectivity index (χ1v) is 15.7. The molecule has 9 heteroatoms. The van der Waals surface area contributed by atoms with Gasteiger partial charge in [0.15, 0.2) is 16.4 Å². The number of ether oxygens (including phenoxy) is 1. The average Bonchev–Trinajstić information content (AvgIpc) is 3.53. The molecule has 3 heterocycles. The molecular weight excluding hydrogens is 520 g/mol. The molecule has 0 bridgehead atoms. The van der Waals surface area contributed by atoms with Gasteiger partial charge in [-0.1, -0.05) is 38.1 Å². The highest BCUT2D eigenvalue weighted by Gasteiger charge is 2.35. The lowest BCUT2D eigenvalue weighted by Crippen LogP contribution is -2.45. The molecule has 5 rings (SSSR count). The second kappa shape index (κ2) is 11.0. The lowest BCUT2D eigenvalue weighted by Gasteiger charge is -2.30. The summed E-state index contributed by atoms with van der Waals surface area (Å²) in [6.07, 6.45) is 5.02. The summed E-state index contributed by atoms with van der Waals surface area (Å²) >= 11 is 1.66. The molecule has 7 nitrogen and oxygen atoms in total. The number of pyridine rings is 1. The van der Waals surface area contributed by atoms with Crippen molar-refractivity contribution in [3.63, 3.8) is 0 Å². The maximum absolute atomic E-state index is 13.6. The number of hydrogen-bond acceptors (Lipinski definition) is 7. The number of rotatable bonds is 7. The largest absolute Gasteiger partial charge is 0.452 e. The summed E-state index contributed by atoms with van der Waals surface area (Å²) in [6, 6.07) is 11.2. The molecule has 3 aromatic rings. The number of nitrogens with zero attached hydrogens (tertiary/aromatic N) is 2. The van der Waals surface area contributed by atoms with E-state index in [-0.39, 0.29) is 29.4 Å². The van der Waals surface area contributed by atoms with E-state index in [9.17, 15) is 18.0 Å². The molecule has 0 saturated carbocycles. The van der Waals surface area contributed by atoms with Crippen LogP contribution < -0.4 is 0 Å². The number of carbonyl (C=O) groups excluding carboxylic acids is 2. The molecule has 0 spiro atoms. The Morgan fingerprint density at radius 1 is 1.18 bits per heavy atom. The molecule has 2 aliphatic rings. The van der Waals surface area contributed by atoms with Crippen LogP contribution in [0.2, 0.25) is 0 Å². The summed E-state index contributed by atoms with van der Waals surface area (Å²) in [5, 5.41) is 2.75. The van der Waals surface area contributed by atoms with Crippen LogP contribution in [-0.4, -0.2) is 60.9 Å². The zero-order valence-corrected chi connectivity index (χ0v) is 23.3. The second-order valence-corrected chi connectivity index (χ2v) is 13.7. The van der Waals surface area contributed by atoms with Gasteiger partial charge in [-0.25, -0.2) is 18.2 Å². The zero-order chi connectivity index (χ0) is 26.9. The molecule has 2 aromatic heterocycles. The third kappa shape index (κ3) is 5.68. The van der Waals surface area contributed by atoms with Gasteiger partial charge >= 0.3 is 5.97 Å². The van der Waals surface area contributed by atoms with Crippen LogP contribution in [0.4, 0.5) is 0 Å². The average molecular weight is 553 g/mol. The van der Waals surface area contributed by atoms with Gasteiger partial charge in [0.2, 0.25) is 0 Å². The maximum Gasteiger partial charge on any atom is 0.339 e. The molecule has 0 N–H and O–H groups in total. The molecule has 1 atom stereocenters. The van der Waals surface area contributed by atoms with Gasteiger partial charge in [0.05, 0.1) is 28.3 Å². The van der Waals surface area contributed by atoms with Gasteiger partial charge in [-0.15, -0.1) is 11.3 Å². The molecule has 0 radical (unpaired) electrons. The van der Waals surface area contributed by atoms with E-state index in [0.717, 1.165) is 34.5 Å². The third-order valence-electron chi connectivity index (χ3n) is 7.09. The van der Waals surface area contributed by atoms with Gasteiger partial charge in [0.25, 0.3) is 5.91 Å². The maximum atomic E-state index is 13.6. The monoisotopic (exact) mass is 552 g/mol. The Bertz CT molecular complexity index is 1490. The minimum Gasteiger partial charge on any atom is -0.452 e. The molecule has 1 saturated heterocycles. The first-order valence-electron chi connectivity index (χ1n) is 13.0. The van der Waals surface area contributed by atoms with Gasteiger partial charge in [-0.05, 0) is 66.3 Å². The van der Waals surface area contributed by atoms with Gasteiger partial charge in [-0.2, -0.15) is 0 Å². The van der Waals surface area contributed by atoms with E-state index in [1.807, 2.05) is 49.6 Å². The predicted molar refractivity (Wildman–Crippen MR) is 151 cm³/mol.